The van der Waals surface area contributed by atoms with E-state index in [0.29, 0.717) is 25.1 Å². The maximum absolute atomic E-state index is 12.6. The smallest absolute Gasteiger partial charge is 0.414 e. The first kappa shape index (κ1) is 45.2. The molecule has 0 heterocycles. The van der Waals surface area contributed by atoms with E-state index < -0.39 is 12.2 Å². The molecular weight excluding hydrogens is 616 g/mol. The highest BCUT2D eigenvalue weighted by Crippen LogP contribution is 2.14. The van der Waals surface area contributed by atoms with Crippen LogP contribution in [0, 0.1) is 0 Å². The second-order valence-corrected chi connectivity index (χ2v) is 13.8. The van der Waals surface area contributed by atoms with Crippen LogP contribution in [0.3, 0.4) is 0 Å². The Morgan fingerprint density at radius 1 is 0.617 bits per heavy atom. The number of alkyl carbamates (subject to hydrolysis) is 1. The van der Waals surface area contributed by atoms with Gasteiger partial charge < -0.3 is 24.8 Å². The van der Waals surface area contributed by atoms with Crippen LogP contribution in [0.5, 0.6) is 0 Å². The molecule has 1 amide bonds. The zero-order chi connectivity index (χ0) is 34.5. The second-order valence-electron chi connectivity index (χ2n) is 12.6. The van der Waals surface area contributed by atoms with E-state index in [0.717, 1.165) is 70.2 Å². The van der Waals surface area contributed by atoms with Gasteiger partial charge in [-0.05, 0) is 50.9 Å². The summed E-state index contributed by atoms with van der Waals surface area (Å²) < 4.78 is 15.5. The number of amides is 1. The molecule has 0 aromatic carbocycles. The molecule has 0 fully saturated rings. The number of ether oxygens (including phenoxy) is 3. The van der Waals surface area contributed by atoms with Crippen molar-refractivity contribution in [3.63, 3.8) is 0 Å². The molecule has 0 saturated carbocycles. The van der Waals surface area contributed by atoms with Crippen molar-refractivity contribution in [3.8, 4) is 0 Å². The van der Waals surface area contributed by atoms with Crippen molar-refractivity contribution in [2.45, 2.75) is 174 Å². The molecule has 0 saturated heterocycles. The molecule has 47 heavy (non-hydrogen) atoms. The molecule has 0 radical (unpaired) electrons. The van der Waals surface area contributed by atoms with Gasteiger partial charge in [0, 0.05) is 25.1 Å². The van der Waals surface area contributed by atoms with Gasteiger partial charge in [0.15, 0.2) is 0 Å². The number of hydrogen-bond acceptors (Lipinski definition) is 9. The first-order valence-electron chi connectivity index (χ1n) is 19.0. The predicted octanol–water partition coefficient (Wildman–Crippen LogP) is 9.05. The molecule has 10 heteroatoms. The number of rotatable bonds is 36. The van der Waals surface area contributed by atoms with Crippen molar-refractivity contribution in [3.05, 3.63) is 0 Å². The molecule has 2 N–H and O–H groups in total. The Kier molecular flexibility index (Phi) is 35.6. The highest BCUT2D eigenvalue weighted by atomic mass is 32.2. The van der Waals surface area contributed by atoms with Gasteiger partial charge in [-0.1, -0.05) is 123 Å². The Labute approximate surface area is 291 Å². The van der Waals surface area contributed by atoms with Gasteiger partial charge in [0.25, 0.3) is 0 Å². The third-order valence-corrected chi connectivity index (χ3v) is 9.28. The highest BCUT2D eigenvalue weighted by molar-refractivity contribution is 7.99. The third-order valence-electron chi connectivity index (χ3n) is 8.10. The van der Waals surface area contributed by atoms with Crippen LogP contribution < -0.4 is 10.6 Å². The Morgan fingerprint density at radius 3 is 1.68 bits per heavy atom. The van der Waals surface area contributed by atoms with E-state index in [4.69, 9.17) is 9.47 Å². The van der Waals surface area contributed by atoms with E-state index >= 15 is 0 Å². The number of carbonyl (C=O) groups excluding carboxylic acids is 4. The zero-order valence-corrected chi connectivity index (χ0v) is 31.0. The highest BCUT2D eigenvalue weighted by Gasteiger charge is 2.17. The molecule has 0 aromatic rings. The molecule has 276 valence electrons. The van der Waals surface area contributed by atoms with Crippen molar-refractivity contribution in [1.29, 1.82) is 0 Å². The lowest BCUT2D eigenvalue weighted by molar-refractivity contribution is -0.157. The molecule has 0 spiro atoms. The Balaban J connectivity index is 4.21. The van der Waals surface area contributed by atoms with Crippen LogP contribution in [-0.2, 0) is 28.6 Å². The summed E-state index contributed by atoms with van der Waals surface area (Å²) in [5, 5.41) is 5.95. The minimum atomic E-state index is -0.710. The zero-order valence-electron chi connectivity index (χ0n) is 30.1. The van der Waals surface area contributed by atoms with Gasteiger partial charge in [0.1, 0.15) is 12.7 Å². The number of carbonyl (C=O) groups is 4. The number of thioether (sulfide) groups is 1. The van der Waals surface area contributed by atoms with E-state index in [-0.39, 0.29) is 25.0 Å². The van der Waals surface area contributed by atoms with Crippen LogP contribution in [0.1, 0.15) is 168 Å². The maximum atomic E-state index is 12.6. The fraction of sp³-hybridized carbons (Fsp3) is 0.892. The first-order chi connectivity index (χ1) is 23.0. The third kappa shape index (κ3) is 35.3. The predicted molar refractivity (Wildman–Crippen MR) is 194 cm³/mol. The van der Waals surface area contributed by atoms with Gasteiger partial charge in [-0.3, -0.25) is 14.4 Å². The number of esters is 2. The van der Waals surface area contributed by atoms with E-state index in [1.165, 1.54) is 89.9 Å². The maximum Gasteiger partial charge on any atom is 0.414 e. The summed E-state index contributed by atoms with van der Waals surface area (Å²) in [4.78, 5) is 46.1. The van der Waals surface area contributed by atoms with Gasteiger partial charge >= 0.3 is 24.5 Å². The van der Waals surface area contributed by atoms with E-state index in [1.807, 2.05) is 0 Å². The van der Waals surface area contributed by atoms with Crippen molar-refractivity contribution < 1.29 is 33.4 Å². The molecule has 0 aliphatic carbocycles. The summed E-state index contributed by atoms with van der Waals surface area (Å²) in [7, 11) is 0. The Morgan fingerprint density at radius 2 is 1.11 bits per heavy atom. The summed E-state index contributed by atoms with van der Waals surface area (Å²) in [6.45, 7) is 7.01. The van der Waals surface area contributed by atoms with E-state index in [9.17, 15) is 19.2 Å². The SMILES string of the molecule is CCCCCCCCCCCC(=O)OCC(CSCCCNCCCCCNC(=O)OC=O)OC(=O)CCCCCCCCCCC. The quantitative estimate of drug-likeness (QED) is 0.0219. The van der Waals surface area contributed by atoms with Crippen molar-refractivity contribution in [2.24, 2.45) is 0 Å². The van der Waals surface area contributed by atoms with Crippen LogP contribution >= 0.6 is 11.8 Å². The van der Waals surface area contributed by atoms with Crippen LogP contribution in [-0.4, -0.2) is 68.4 Å². The van der Waals surface area contributed by atoms with Crippen LogP contribution in [0.15, 0.2) is 0 Å². The van der Waals surface area contributed by atoms with E-state index in [2.05, 4.69) is 29.2 Å². The van der Waals surface area contributed by atoms with Crippen molar-refractivity contribution in [2.75, 3.05) is 37.7 Å². The molecule has 0 aliphatic rings. The minimum absolute atomic E-state index is 0.123. The molecule has 0 aliphatic heterocycles. The van der Waals surface area contributed by atoms with Crippen molar-refractivity contribution >= 4 is 36.3 Å². The second kappa shape index (κ2) is 37.0. The fourth-order valence-electron chi connectivity index (χ4n) is 5.25. The molecule has 0 rings (SSSR count). The molecule has 1 atom stereocenters. The monoisotopic (exact) mass is 686 g/mol. The lowest BCUT2D eigenvalue weighted by atomic mass is 10.1. The molecule has 0 bridgehead atoms. The Bertz CT molecular complexity index is 741. The summed E-state index contributed by atoms with van der Waals surface area (Å²) in [5.41, 5.74) is 0. The average molecular weight is 687 g/mol. The van der Waals surface area contributed by atoms with Crippen LogP contribution in [0.4, 0.5) is 4.79 Å². The van der Waals surface area contributed by atoms with Crippen LogP contribution in [0.2, 0.25) is 0 Å². The Hall–Kier alpha value is -1.81. The van der Waals surface area contributed by atoms with Gasteiger partial charge in [-0.2, -0.15) is 11.8 Å². The normalized spacial score (nSPS) is 11.6. The largest absolute Gasteiger partial charge is 0.462 e. The lowest BCUT2D eigenvalue weighted by Crippen LogP contribution is -2.28. The summed E-state index contributed by atoms with van der Waals surface area (Å²) in [6, 6.07) is 0. The number of hydrogen-bond donors (Lipinski definition) is 2. The number of nitrogens with one attached hydrogen (secondary N) is 2. The summed E-state index contributed by atoms with van der Waals surface area (Å²) >= 11 is 1.73. The summed E-state index contributed by atoms with van der Waals surface area (Å²) in [5.74, 6) is 1.16. The molecular formula is C37H70N2O7S. The topological polar surface area (TPSA) is 120 Å². The molecule has 1 unspecified atom stereocenters. The van der Waals surface area contributed by atoms with E-state index in [1.54, 1.807) is 11.8 Å². The van der Waals surface area contributed by atoms with Gasteiger partial charge in [0.05, 0.1) is 0 Å². The van der Waals surface area contributed by atoms with Gasteiger partial charge in [0.2, 0.25) is 0 Å². The van der Waals surface area contributed by atoms with Gasteiger partial charge in [-0.25, -0.2) is 4.79 Å². The fourth-order valence-corrected chi connectivity index (χ4v) is 6.19. The summed E-state index contributed by atoms with van der Waals surface area (Å²) in [6.07, 6.45) is 25.2. The van der Waals surface area contributed by atoms with Crippen LogP contribution in [0.25, 0.3) is 0 Å². The molecule has 9 nitrogen and oxygen atoms in total. The number of unbranched alkanes of at least 4 members (excludes halogenated alkanes) is 18. The average Bonchev–Trinajstić information content (AvgIpc) is 3.06. The first-order valence-corrected chi connectivity index (χ1v) is 20.2. The minimum Gasteiger partial charge on any atom is -0.462 e. The standard InChI is InChI=1S/C37H70N2O7S/c1-3-5-7-9-11-13-15-17-20-25-35(41)44-31-34(46-36(42)26-21-18-16-14-12-10-8-6-4-2)32-47-30-24-28-38-27-22-19-23-29-39-37(43)45-33-40/h33-34,38H,3-32H2,1-2H3,(H,39,43). The van der Waals surface area contributed by atoms with Gasteiger partial charge in [-0.15, -0.1) is 0 Å². The lowest BCUT2D eigenvalue weighted by Gasteiger charge is -2.18. The van der Waals surface area contributed by atoms with Crippen molar-refractivity contribution in [1.82, 2.24) is 10.6 Å². The molecule has 0 aromatic heterocycles.